The second kappa shape index (κ2) is 5.04. The molecule has 0 bridgehead atoms. The SMILES string of the molecule is C=COC(CC(F)F)C(F)(F)CF. The number of hydrogen-bond acceptors (Lipinski definition) is 1. The summed E-state index contributed by atoms with van der Waals surface area (Å²) in [6.07, 6.45) is -5.75. The van der Waals surface area contributed by atoms with Crippen LogP contribution in [-0.2, 0) is 4.74 Å². The summed E-state index contributed by atoms with van der Waals surface area (Å²) in [6.45, 7) is 0.903. The van der Waals surface area contributed by atoms with Gasteiger partial charge in [0.05, 0.1) is 12.7 Å². The quantitative estimate of drug-likeness (QED) is 0.477. The zero-order valence-corrected chi connectivity index (χ0v) is 6.65. The number of halogens is 5. The van der Waals surface area contributed by atoms with Gasteiger partial charge in [-0.2, -0.15) is 8.78 Å². The van der Waals surface area contributed by atoms with Gasteiger partial charge in [-0.1, -0.05) is 6.58 Å². The fourth-order valence-corrected chi connectivity index (χ4v) is 0.692. The van der Waals surface area contributed by atoms with Gasteiger partial charge in [-0.05, 0) is 0 Å². The zero-order chi connectivity index (χ0) is 10.5. The van der Waals surface area contributed by atoms with Crippen molar-refractivity contribution in [3.05, 3.63) is 12.8 Å². The van der Waals surface area contributed by atoms with Crippen LogP contribution in [0.5, 0.6) is 0 Å². The number of ether oxygens (including phenoxy) is 1. The lowest BCUT2D eigenvalue weighted by molar-refractivity contribution is -0.138. The predicted octanol–water partition coefficient (Wildman–Crippen LogP) is 2.78. The average molecular weight is 204 g/mol. The lowest BCUT2D eigenvalue weighted by Crippen LogP contribution is -2.38. The van der Waals surface area contributed by atoms with E-state index in [4.69, 9.17) is 0 Å². The van der Waals surface area contributed by atoms with Crippen LogP contribution >= 0.6 is 0 Å². The van der Waals surface area contributed by atoms with Crippen LogP contribution in [0, 0.1) is 0 Å². The molecule has 0 saturated heterocycles. The first-order valence-electron chi connectivity index (χ1n) is 3.42. The van der Waals surface area contributed by atoms with Crippen LogP contribution < -0.4 is 0 Å². The zero-order valence-electron chi connectivity index (χ0n) is 6.65. The Morgan fingerprint density at radius 2 is 1.92 bits per heavy atom. The first-order valence-corrected chi connectivity index (χ1v) is 3.42. The standard InChI is InChI=1S/C7H9F5O/c1-2-13-5(3-6(9)10)7(11,12)4-8/h2,5-6H,1,3-4H2. The van der Waals surface area contributed by atoms with Gasteiger partial charge in [-0.3, -0.25) is 0 Å². The van der Waals surface area contributed by atoms with Gasteiger partial charge >= 0.3 is 5.92 Å². The molecule has 1 nitrogen and oxygen atoms in total. The summed E-state index contributed by atoms with van der Waals surface area (Å²) in [4.78, 5) is 0. The molecule has 0 radical (unpaired) electrons. The van der Waals surface area contributed by atoms with E-state index in [1.165, 1.54) is 0 Å². The summed E-state index contributed by atoms with van der Waals surface area (Å²) in [5, 5.41) is 0. The Bertz CT molecular complexity index is 159. The molecule has 0 aromatic carbocycles. The molecule has 0 rings (SSSR count). The third-order valence-corrected chi connectivity index (χ3v) is 1.30. The average Bonchev–Trinajstić information content (AvgIpc) is 2.03. The van der Waals surface area contributed by atoms with Gasteiger partial charge in [-0.15, -0.1) is 0 Å². The Hall–Kier alpha value is -0.810. The summed E-state index contributed by atoms with van der Waals surface area (Å²) in [6, 6.07) is 0. The van der Waals surface area contributed by atoms with Gasteiger partial charge in [-0.25, -0.2) is 13.2 Å². The topological polar surface area (TPSA) is 9.23 Å². The van der Waals surface area contributed by atoms with Gasteiger partial charge < -0.3 is 4.74 Å². The highest BCUT2D eigenvalue weighted by Crippen LogP contribution is 2.26. The van der Waals surface area contributed by atoms with Crippen molar-refractivity contribution in [2.24, 2.45) is 0 Å². The minimum absolute atomic E-state index is 0.594. The first-order chi connectivity index (χ1) is 5.94. The van der Waals surface area contributed by atoms with Crippen LogP contribution in [0.4, 0.5) is 22.0 Å². The maximum atomic E-state index is 12.5. The van der Waals surface area contributed by atoms with Crippen molar-refractivity contribution in [2.75, 3.05) is 6.67 Å². The summed E-state index contributed by atoms with van der Waals surface area (Å²) in [5.74, 6) is -3.90. The van der Waals surface area contributed by atoms with Gasteiger partial charge in [0.2, 0.25) is 6.43 Å². The van der Waals surface area contributed by atoms with E-state index >= 15 is 0 Å². The van der Waals surface area contributed by atoms with E-state index in [-0.39, 0.29) is 0 Å². The van der Waals surface area contributed by atoms with Crippen molar-refractivity contribution in [3.8, 4) is 0 Å². The summed E-state index contributed by atoms with van der Waals surface area (Å²) < 4.78 is 64.2. The summed E-state index contributed by atoms with van der Waals surface area (Å²) in [7, 11) is 0. The van der Waals surface area contributed by atoms with Crippen molar-refractivity contribution in [3.63, 3.8) is 0 Å². The van der Waals surface area contributed by atoms with E-state index in [2.05, 4.69) is 11.3 Å². The molecule has 0 aliphatic rings. The highest BCUT2D eigenvalue weighted by atomic mass is 19.3. The van der Waals surface area contributed by atoms with Gasteiger partial charge in [0.1, 0.15) is 0 Å². The summed E-state index contributed by atoms with van der Waals surface area (Å²) >= 11 is 0. The lowest BCUT2D eigenvalue weighted by Gasteiger charge is -2.23. The van der Waals surface area contributed by atoms with Crippen LogP contribution in [0.1, 0.15) is 6.42 Å². The van der Waals surface area contributed by atoms with Crippen molar-refractivity contribution in [2.45, 2.75) is 24.9 Å². The monoisotopic (exact) mass is 204 g/mol. The fraction of sp³-hybridized carbons (Fsp3) is 0.714. The third kappa shape index (κ3) is 4.10. The molecule has 0 heterocycles. The molecule has 6 heteroatoms. The van der Waals surface area contributed by atoms with Crippen molar-refractivity contribution < 1.29 is 26.7 Å². The summed E-state index contributed by atoms with van der Waals surface area (Å²) in [5.41, 5.74) is 0. The molecule has 0 amide bonds. The molecular weight excluding hydrogens is 195 g/mol. The molecule has 0 aliphatic carbocycles. The minimum Gasteiger partial charge on any atom is -0.492 e. The van der Waals surface area contributed by atoms with E-state index < -0.39 is 31.5 Å². The Kier molecular flexibility index (Phi) is 4.72. The fourth-order valence-electron chi connectivity index (χ4n) is 0.692. The number of alkyl halides is 5. The highest BCUT2D eigenvalue weighted by molar-refractivity contribution is 4.79. The molecule has 0 fully saturated rings. The molecule has 0 saturated carbocycles. The maximum Gasteiger partial charge on any atom is 0.311 e. The van der Waals surface area contributed by atoms with Crippen molar-refractivity contribution >= 4 is 0 Å². The normalized spacial score (nSPS) is 14.3. The molecular formula is C7H9F5O. The van der Waals surface area contributed by atoms with Crippen LogP contribution in [-0.4, -0.2) is 25.1 Å². The van der Waals surface area contributed by atoms with Crippen LogP contribution in [0.25, 0.3) is 0 Å². The van der Waals surface area contributed by atoms with Gasteiger partial charge in [0.25, 0.3) is 0 Å². The predicted molar refractivity (Wildman–Crippen MR) is 36.6 cm³/mol. The van der Waals surface area contributed by atoms with Crippen molar-refractivity contribution in [1.82, 2.24) is 0 Å². The van der Waals surface area contributed by atoms with E-state index in [1.54, 1.807) is 0 Å². The lowest BCUT2D eigenvalue weighted by atomic mass is 10.1. The van der Waals surface area contributed by atoms with Crippen molar-refractivity contribution in [1.29, 1.82) is 0 Å². The largest absolute Gasteiger partial charge is 0.492 e. The van der Waals surface area contributed by atoms with Crippen LogP contribution in [0.3, 0.4) is 0 Å². The molecule has 0 aromatic heterocycles. The molecule has 1 unspecified atom stereocenters. The Balaban J connectivity index is 4.30. The first kappa shape index (κ1) is 12.2. The molecule has 0 aromatic rings. The van der Waals surface area contributed by atoms with E-state index in [9.17, 15) is 22.0 Å². The number of hydrogen-bond donors (Lipinski definition) is 0. The second-order valence-electron chi connectivity index (χ2n) is 2.31. The molecule has 1 atom stereocenters. The molecule has 0 spiro atoms. The Labute approximate surface area is 72.2 Å². The maximum absolute atomic E-state index is 12.5. The third-order valence-electron chi connectivity index (χ3n) is 1.30. The van der Waals surface area contributed by atoms with E-state index in [0.717, 1.165) is 0 Å². The van der Waals surface area contributed by atoms with E-state index in [1.807, 2.05) is 0 Å². The van der Waals surface area contributed by atoms with Gasteiger partial charge in [0, 0.05) is 0 Å². The highest BCUT2D eigenvalue weighted by Gasteiger charge is 2.42. The molecule has 0 N–H and O–H groups in total. The van der Waals surface area contributed by atoms with Gasteiger partial charge in [0.15, 0.2) is 12.8 Å². The Morgan fingerprint density at radius 3 is 2.23 bits per heavy atom. The number of rotatable bonds is 6. The van der Waals surface area contributed by atoms with Crippen LogP contribution in [0.2, 0.25) is 0 Å². The molecule has 78 valence electrons. The smallest absolute Gasteiger partial charge is 0.311 e. The molecule has 13 heavy (non-hydrogen) atoms. The molecule has 0 aliphatic heterocycles. The van der Waals surface area contributed by atoms with Crippen LogP contribution in [0.15, 0.2) is 12.8 Å². The second-order valence-corrected chi connectivity index (χ2v) is 2.31. The Morgan fingerprint density at radius 1 is 1.38 bits per heavy atom. The minimum atomic E-state index is -3.90. The van der Waals surface area contributed by atoms with E-state index in [0.29, 0.717) is 6.26 Å².